The first kappa shape index (κ1) is 19.6. The predicted octanol–water partition coefficient (Wildman–Crippen LogP) is -3.76. The molecule has 1 aromatic carbocycles. The number of hydrogen-bond donors (Lipinski definition) is 1. The molecular formula is C9H7CuNNaO4P. The van der Waals surface area contributed by atoms with Crippen LogP contribution in [0.1, 0.15) is 0 Å². The zero-order chi connectivity index (χ0) is 11.3. The van der Waals surface area contributed by atoms with Gasteiger partial charge in [-0.2, -0.15) is 8.60 Å². The van der Waals surface area contributed by atoms with Crippen LogP contribution in [-0.2, 0) is 17.1 Å². The number of hydrogen-bond acceptors (Lipinski definition) is 5. The van der Waals surface area contributed by atoms with Crippen molar-refractivity contribution in [3.63, 3.8) is 0 Å². The standard InChI is InChI=1S/C9H7NO.Cu.Na.HO3P/c11-9-6-5-7-3-1-2-4-8(7)10-9;;;1-4(2)3/h1-6H,(H,10,11);;;1H/q;+2;+1;-2/p-1. The molecule has 1 aromatic heterocycles. The van der Waals surface area contributed by atoms with Crippen molar-refractivity contribution >= 4 is 19.5 Å². The first-order valence-electron chi connectivity index (χ1n) is 3.95. The van der Waals surface area contributed by atoms with Crippen LogP contribution in [0.5, 0.6) is 5.88 Å². The topological polar surface area (TPSA) is 102 Å². The molecule has 0 saturated carbocycles. The van der Waals surface area contributed by atoms with Gasteiger partial charge in [0.1, 0.15) is 0 Å². The van der Waals surface area contributed by atoms with E-state index >= 15 is 0 Å². The summed E-state index contributed by atoms with van der Waals surface area (Å²) in [6, 6.07) is 10.8. The summed E-state index contributed by atoms with van der Waals surface area (Å²) in [7, 11) is -3.12. The van der Waals surface area contributed by atoms with E-state index < -0.39 is 8.60 Å². The molecule has 0 aliphatic rings. The Labute approximate surface area is 132 Å². The molecule has 1 N–H and O–H groups in total. The molecular weight excluding hydrogens is 304 g/mol. The summed E-state index contributed by atoms with van der Waals surface area (Å²) in [5.74, 6) is -0.177. The van der Waals surface area contributed by atoms with Gasteiger partial charge >= 0.3 is 46.6 Å². The minimum Gasteiger partial charge on any atom is -0.859 e. The van der Waals surface area contributed by atoms with Gasteiger partial charge in [-0.3, -0.25) is 4.98 Å². The Kier molecular flexibility index (Phi) is 11.8. The molecule has 0 aliphatic carbocycles. The molecule has 0 spiro atoms. The Morgan fingerprint density at radius 2 is 1.59 bits per heavy atom. The maximum absolute atomic E-state index is 10.8. The van der Waals surface area contributed by atoms with Crippen LogP contribution in [0.2, 0.25) is 0 Å². The Morgan fingerprint density at radius 1 is 1.06 bits per heavy atom. The fraction of sp³-hybridized carbons (Fsp3) is 0. The molecule has 0 atom stereocenters. The first-order valence-corrected chi connectivity index (χ1v) is 5.08. The number of fused-ring (bicyclic) bond motifs is 1. The van der Waals surface area contributed by atoms with Crippen LogP contribution in [0.15, 0.2) is 36.4 Å². The summed E-state index contributed by atoms with van der Waals surface area (Å²) in [5, 5.41) is 11.8. The van der Waals surface area contributed by atoms with Crippen molar-refractivity contribution in [2.24, 2.45) is 0 Å². The molecule has 8 heteroatoms. The van der Waals surface area contributed by atoms with E-state index in [9.17, 15) is 5.11 Å². The largest absolute Gasteiger partial charge is 2.00 e. The summed E-state index contributed by atoms with van der Waals surface area (Å²) in [6.45, 7) is 0. The van der Waals surface area contributed by atoms with Crippen molar-refractivity contribution < 1.29 is 66.4 Å². The normalized spacial score (nSPS) is 8.71. The summed E-state index contributed by atoms with van der Waals surface area (Å²) in [6.07, 6.45) is 0. The maximum atomic E-state index is 10.8. The molecule has 89 valence electrons. The van der Waals surface area contributed by atoms with Crippen molar-refractivity contribution in [2.45, 2.75) is 0 Å². The van der Waals surface area contributed by atoms with Crippen LogP contribution in [0.25, 0.3) is 10.9 Å². The molecule has 0 amide bonds. The van der Waals surface area contributed by atoms with Crippen LogP contribution in [-0.4, -0.2) is 9.88 Å². The second kappa shape index (κ2) is 10.2. The Balaban J connectivity index is 0. The molecule has 1 radical (unpaired) electrons. The van der Waals surface area contributed by atoms with E-state index in [1.54, 1.807) is 6.07 Å². The number of pyridine rings is 1. The van der Waals surface area contributed by atoms with Crippen molar-refractivity contribution in [3.05, 3.63) is 36.4 Å². The van der Waals surface area contributed by atoms with Gasteiger partial charge in [0.05, 0.1) is 5.52 Å². The van der Waals surface area contributed by atoms with E-state index in [1.165, 1.54) is 6.07 Å². The van der Waals surface area contributed by atoms with Gasteiger partial charge in [-0.05, 0) is 11.9 Å². The zero-order valence-electron chi connectivity index (χ0n) is 8.83. The molecule has 2 aromatic rings. The Bertz CT molecular complexity index is 443. The van der Waals surface area contributed by atoms with Crippen LogP contribution in [0.3, 0.4) is 0 Å². The third kappa shape index (κ3) is 8.05. The molecule has 17 heavy (non-hydrogen) atoms. The van der Waals surface area contributed by atoms with Gasteiger partial charge < -0.3 is 19.8 Å². The van der Waals surface area contributed by atoms with Crippen LogP contribution in [0, 0.1) is 0 Å². The van der Waals surface area contributed by atoms with E-state index in [0.717, 1.165) is 10.9 Å². The first-order chi connectivity index (χ1) is 7.09. The number of nitrogens with zero attached hydrogens (tertiary/aromatic N) is 1. The molecule has 0 fully saturated rings. The van der Waals surface area contributed by atoms with Gasteiger partial charge in [0.25, 0.3) is 0 Å². The van der Waals surface area contributed by atoms with Gasteiger partial charge in [-0.1, -0.05) is 30.3 Å². The van der Waals surface area contributed by atoms with Crippen molar-refractivity contribution in [3.8, 4) is 5.88 Å². The average Bonchev–Trinajstić information content (AvgIpc) is 2.16. The summed E-state index contributed by atoms with van der Waals surface area (Å²) in [5.41, 5.74) is 0.764. The summed E-state index contributed by atoms with van der Waals surface area (Å²) >= 11 is 0. The van der Waals surface area contributed by atoms with Crippen molar-refractivity contribution in [1.29, 1.82) is 0 Å². The van der Waals surface area contributed by atoms with Crippen molar-refractivity contribution in [2.75, 3.05) is 0 Å². The molecule has 0 bridgehead atoms. The van der Waals surface area contributed by atoms with Crippen molar-refractivity contribution in [1.82, 2.24) is 4.98 Å². The zero-order valence-corrected chi connectivity index (χ0v) is 12.7. The summed E-state index contributed by atoms with van der Waals surface area (Å²) in [4.78, 5) is 28.0. The van der Waals surface area contributed by atoms with E-state index in [2.05, 4.69) is 4.98 Å². The monoisotopic (exact) mass is 310 g/mol. The minimum absolute atomic E-state index is 0. The van der Waals surface area contributed by atoms with Crippen LogP contribution >= 0.6 is 8.60 Å². The predicted molar refractivity (Wildman–Crippen MR) is 50.3 cm³/mol. The Morgan fingerprint density at radius 3 is 2.18 bits per heavy atom. The second-order valence-corrected chi connectivity index (χ2v) is 3.06. The molecule has 0 aliphatic heterocycles. The van der Waals surface area contributed by atoms with Gasteiger partial charge in [-0.25, -0.2) is 0 Å². The van der Waals surface area contributed by atoms with E-state index in [4.69, 9.17) is 14.7 Å². The van der Waals surface area contributed by atoms with Gasteiger partial charge in [0.15, 0.2) is 0 Å². The molecule has 0 unspecified atom stereocenters. The smallest absolute Gasteiger partial charge is 0.859 e. The van der Waals surface area contributed by atoms with Crippen LogP contribution < -0.4 is 44.5 Å². The van der Waals surface area contributed by atoms with Crippen LogP contribution in [0.4, 0.5) is 0 Å². The van der Waals surface area contributed by atoms with E-state index in [1.807, 2.05) is 24.3 Å². The SMILES string of the molecule is [Cu+2].[Na+].[O-]P([O-])O.[O-]c1ccc2ccccc2n1. The van der Waals surface area contributed by atoms with Gasteiger partial charge in [0.2, 0.25) is 0 Å². The second-order valence-electron chi connectivity index (χ2n) is 2.58. The average molecular weight is 311 g/mol. The number of para-hydroxylation sites is 1. The molecule has 2 rings (SSSR count). The van der Waals surface area contributed by atoms with E-state index in [-0.39, 0.29) is 52.5 Å². The number of benzene rings is 1. The fourth-order valence-corrected chi connectivity index (χ4v) is 1.05. The maximum Gasteiger partial charge on any atom is 2.00 e. The fourth-order valence-electron chi connectivity index (χ4n) is 1.05. The van der Waals surface area contributed by atoms with E-state index in [0.29, 0.717) is 0 Å². The van der Waals surface area contributed by atoms with Gasteiger partial charge in [0, 0.05) is 5.39 Å². The quantitative estimate of drug-likeness (QED) is 0.398. The third-order valence-electron chi connectivity index (χ3n) is 1.57. The number of aromatic nitrogens is 1. The Hall–Kier alpha value is 0.259. The summed E-state index contributed by atoms with van der Waals surface area (Å²) < 4.78 is 0. The molecule has 1 heterocycles. The minimum atomic E-state index is -3.12. The van der Waals surface area contributed by atoms with Gasteiger partial charge in [-0.15, -0.1) is 0 Å². The number of rotatable bonds is 0. The molecule has 0 saturated heterocycles. The molecule has 5 nitrogen and oxygen atoms in total. The third-order valence-corrected chi connectivity index (χ3v) is 1.57.